The third-order valence-corrected chi connectivity index (χ3v) is 3.94. The number of hydrogen-bond donors (Lipinski definition) is 1. The van der Waals surface area contributed by atoms with Crippen molar-refractivity contribution in [2.75, 3.05) is 5.32 Å². The number of alkyl halides is 3. The Morgan fingerprint density at radius 2 is 1.65 bits per heavy atom. The van der Waals surface area contributed by atoms with Crippen LogP contribution in [0.5, 0.6) is 0 Å². The molecule has 0 unspecified atom stereocenters. The van der Waals surface area contributed by atoms with Crippen molar-refractivity contribution in [3.8, 4) is 11.4 Å². The van der Waals surface area contributed by atoms with Gasteiger partial charge in [-0.05, 0) is 24.3 Å². The minimum Gasteiger partial charge on any atom is -0.297 e. The molecule has 134 valence electrons. The fourth-order valence-electron chi connectivity index (χ4n) is 2.18. The van der Waals surface area contributed by atoms with Crippen LogP contribution in [0.2, 0.25) is 0 Å². The van der Waals surface area contributed by atoms with Crippen LogP contribution < -0.4 is 5.32 Å². The Kier molecular flexibility index (Phi) is 4.68. The van der Waals surface area contributed by atoms with Gasteiger partial charge in [-0.3, -0.25) is 10.1 Å². The number of carbonyl (C=O) groups excluding carboxylic acids is 1. The van der Waals surface area contributed by atoms with E-state index in [9.17, 15) is 26.7 Å². The van der Waals surface area contributed by atoms with E-state index in [1.54, 1.807) is 0 Å². The van der Waals surface area contributed by atoms with E-state index < -0.39 is 40.4 Å². The Balaban J connectivity index is 1.88. The summed E-state index contributed by atoms with van der Waals surface area (Å²) in [6.07, 6.45) is -4.71. The van der Waals surface area contributed by atoms with Crippen LogP contribution in [0.15, 0.2) is 42.5 Å². The molecule has 3 rings (SSSR count). The van der Waals surface area contributed by atoms with Gasteiger partial charge in [0.1, 0.15) is 11.6 Å². The Bertz CT molecular complexity index is 950. The summed E-state index contributed by atoms with van der Waals surface area (Å²) in [4.78, 5) is 15.9. The topological polar surface area (TPSA) is 54.9 Å². The van der Waals surface area contributed by atoms with Crippen molar-refractivity contribution in [2.45, 2.75) is 6.18 Å². The number of nitrogens with zero attached hydrogens (tertiary/aromatic N) is 2. The number of rotatable bonds is 3. The zero-order valence-corrected chi connectivity index (χ0v) is 13.5. The monoisotopic (exact) mass is 385 g/mol. The van der Waals surface area contributed by atoms with Crippen LogP contribution in [0.4, 0.5) is 27.1 Å². The lowest BCUT2D eigenvalue weighted by molar-refractivity contribution is -0.137. The van der Waals surface area contributed by atoms with E-state index in [4.69, 9.17) is 0 Å². The Hall–Kier alpha value is -2.88. The minimum atomic E-state index is -4.71. The van der Waals surface area contributed by atoms with E-state index in [-0.39, 0.29) is 11.0 Å². The summed E-state index contributed by atoms with van der Waals surface area (Å²) in [6, 6.07) is 7.41. The third kappa shape index (κ3) is 3.54. The van der Waals surface area contributed by atoms with Crippen LogP contribution in [0.1, 0.15) is 15.9 Å². The summed E-state index contributed by atoms with van der Waals surface area (Å²) < 4.78 is 70.1. The van der Waals surface area contributed by atoms with Crippen molar-refractivity contribution < 1.29 is 26.7 Å². The van der Waals surface area contributed by atoms with Gasteiger partial charge in [-0.2, -0.15) is 22.5 Å². The summed E-state index contributed by atoms with van der Waals surface area (Å²) in [5.41, 5.74) is -2.20. The first kappa shape index (κ1) is 17.9. The molecular weight excluding hydrogens is 377 g/mol. The highest BCUT2D eigenvalue weighted by molar-refractivity contribution is 7.10. The molecule has 0 saturated carbocycles. The lowest BCUT2D eigenvalue weighted by Crippen LogP contribution is -2.18. The molecule has 2 aromatic carbocycles. The highest BCUT2D eigenvalue weighted by Gasteiger charge is 2.35. The van der Waals surface area contributed by atoms with Crippen molar-refractivity contribution in [1.82, 2.24) is 9.36 Å². The van der Waals surface area contributed by atoms with E-state index in [1.807, 2.05) is 0 Å². The molecule has 10 heteroatoms. The van der Waals surface area contributed by atoms with Gasteiger partial charge in [-0.1, -0.05) is 18.2 Å². The number of amides is 1. The van der Waals surface area contributed by atoms with E-state index in [2.05, 4.69) is 14.7 Å². The molecular formula is C16H8F5N3OS. The van der Waals surface area contributed by atoms with Gasteiger partial charge in [0, 0.05) is 11.5 Å². The molecule has 0 aliphatic heterocycles. The second kappa shape index (κ2) is 6.79. The molecule has 1 amide bonds. The fourth-order valence-corrected chi connectivity index (χ4v) is 2.75. The number of hydrogen-bond acceptors (Lipinski definition) is 4. The zero-order chi connectivity index (χ0) is 18.9. The number of nitrogens with one attached hydrogen (secondary N) is 1. The van der Waals surface area contributed by atoms with Crippen LogP contribution in [0.3, 0.4) is 0 Å². The number of anilines is 1. The van der Waals surface area contributed by atoms with Gasteiger partial charge in [-0.15, -0.1) is 0 Å². The van der Waals surface area contributed by atoms with Gasteiger partial charge in [0.15, 0.2) is 5.82 Å². The lowest BCUT2D eigenvalue weighted by Gasteiger charge is -2.11. The Labute approximate surface area is 147 Å². The molecule has 0 bridgehead atoms. The van der Waals surface area contributed by atoms with Gasteiger partial charge < -0.3 is 0 Å². The normalized spacial score (nSPS) is 11.4. The quantitative estimate of drug-likeness (QED) is 0.662. The lowest BCUT2D eigenvalue weighted by atomic mass is 10.1. The second-order valence-electron chi connectivity index (χ2n) is 5.02. The average Bonchev–Trinajstić information content (AvgIpc) is 3.02. The maximum absolute atomic E-state index is 13.7. The molecule has 0 radical (unpaired) electrons. The SMILES string of the molecule is O=C(Nc1nc(-c2c(F)cccc2F)ns1)c1ccccc1C(F)(F)F. The predicted molar refractivity (Wildman–Crippen MR) is 84.7 cm³/mol. The van der Waals surface area contributed by atoms with Crippen molar-refractivity contribution >= 4 is 22.6 Å². The summed E-state index contributed by atoms with van der Waals surface area (Å²) in [5, 5.41) is 1.97. The maximum atomic E-state index is 13.7. The van der Waals surface area contributed by atoms with Crippen LogP contribution in [-0.4, -0.2) is 15.3 Å². The summed E-state index contributed by atoms with van der Waals surface area (Å²) in [5.74, 6) is -3.18. The zero-order valence-electron chi connectivity index (χ0n) is 12.6. The molecule has 0 saturated heterocycles. The summed E-state index contributed by atoms with van der Waals surface area (Å²) >= 11 is 0.590. The minimum absolute atomic E-state index is 0.190. The van der Waals surface area contributed by atoms with Gasteiger partial charge in [0.2, 0.25) is 5.13 Å². The average molecular weight is 385 g/mol. The predicted octanol–water partition coefficient (Wildman–Crippen LogP) is 4.75. The first-order valence-corrected chi connectivity index (χ1v) is 7.80. The number of carbonyl (C=O) groups is 1. The fraction of sp³-hybridized carbons (Fsp3) is 0.0625. The Morgan fingerprint density at radius 3 is 2.31 bits per heavy atom. The van der Waals surface area contributed by atoms with Crippen LogP contribution >= 0.6 is 11.5 Å². The number of aromatic nitrogens is 2. The molecule has 0 fully saturated rings. The molecule has 1 aromatic heterocycles. The number of benzene rings is 2. The van der Waals surface area contributed by atoms with Crippen LogP contribution in [-0.2, 0) is 6.18 Å². The van der Waals surface area contributed by atoms with Crippen molar-refractivity contribution in [2.24, 2.45) is 0 Å². The van der Waals surface area contributed by atoms with Gasteiger partial charge in [-0.25, -0.2) is 8.78 Å². The molecule has 4 nitrogen and oxygen atoms in total. The largest absolute Gasteiger partial charge is 0.417 e. The maximum Gasteiger partial charge on any atom is 0.417 e. The number of halogens is 5. The van der Waals surface area contributed by atoms with E-state index in [0.717, 1.165) is 36.4 Å². The van der Waals surface area contributed by atoms with E-state index in [1.165, 1.54) is 6.07 Å². The molecule has 0 aliphatic rings. The molecule has 3 aromatic rings. The molecule has 0 spiro atoms. The van der Waals surface area contributed by atoms with E-state index in [0.29, 0.717) is 11.5 Å². The molecule has 1 N–H and O–H groups in total. The summed E-state index contributed by atoms with van der Waals surface area (Å²) in [6.45, 7) is 0. The first-order valence-electron chi connectivity index (χ1n) is 7.03. The Morgan fingerprint density at radius 1 is 1.00 bits per heavy atom. The standard InChI is InChI=1S/C16H8F5N3OS/c17-10-6-3-7-11(18)12(10)13-22-15(26-24-13)23-14(25)8-4-1-2-5-9(8)16(19,20)21/h1-7H,(H,22,23,24,25). The van der Waals surface area contributed by atoms with Crippen molar-refractivity contribution in [3.63, 3.8) is 0 Å². The van der Waals surface area contributed by atoms with Gasteiger partial charge in [0.25, 0.3) is 5.91 Å². The second-order valence-corrected chi connectivity index (χ2v) is 5.77. The smallest absolute Gasteiger partial charge is 0.297 e. The highest BCUT2D eigenvalue weighted by Crippen LogP contribution is 2.32. The molecule has 0 atom stereocenters. The highest BCUT2D eigenvalue weighted by atomic mass is 32.1. The first-order chi connectivity index (χ1) is 12.3. The van der Waals surface area contributed by atoms with Crippen LogP contribution in [0, 0.1) is 11.6 Å². The van der Waals surface area contributed by atoms with Crippen molar-refractivity contribution in [3.05, 3.63) is 65.2 Å². The summed E-state index contributed by atoms with van der Waals surface area (Å²) in [7, 11) is 0. The van der Waals surface area contributed by atoms with Crippen molar-refractivity contribution in [1.29, 1.82) is 0 Å². The molecule has 0 aliphatic carbocycles. The third-order valence-electron chi connectivity index (χ3n) is 3.31. The van der Waals surface area contributed by atoms with Gasteiger partial charge in [0.05, 0.1) is 16.7 Å². The van der Waals surface area contributed by atoms with E-state index >= 15 is 0 Å². The molecule has 1 heterocycles. The van der Waals surface area contributed by atoms with Crippen LogP contribution in [0.25, 0.3) is 11.4 Å². The van der Waals surface area contributed by atoms with Gasteiger partial charge >= 0.3 is 6.18 Å². The molecule has 26 heavy (non-hydrogen) atoms.